The molecule has 1 amide bonds. The van der Waals surface area contributed by atoms with Crippen LogP contribution in [0.4, 0.5) is 17.1 Å². The van der Waals surface area contributed by atoms with Crippen LogP contribution in [0.5, 0.6) is 0 Å². The van der Waals surface area contributed by atoms with E-state index < -0.39 is 6.23 Å². The maximum atomic E-state index is 12.6. The van der Waals surface area contributed by atoms with E-state index in [4.69, 9.17) is 0 Å². The van der Waals surface area contributed by atoms with Gasteiger partial charge in [0.2, 0.25) is 0 Å². The van der Waals surface area contributed by atoms with E-state index in [0.29, 0.717) is 23.0 Å². The van der Waals surface area contributed by atoms with Gasteiger partial charge in [0.05, 0.1) is 5.69 Å². The standard InChI is InChI=1S/C25H29N5O2/c1-29(2)22-14-16-30(17-22)21-12-10-20(11-13-21)27-24(31)18-6-8-19(9-7-18)28-25(32)23-5-3-4-15-26-23/h3-13,15,22,25,28,32H,14,16-17H2,1-2H3,(H,27,31). The van der Waals surface area contributed by atoms with Crippen LogP contribution in [0, 0.1) is 0 Å². The first-order valence-electron chi connectivity index (χ1n) is 10.8. The number of rotatable bonds is 7. The molecule has 0 bridgehead atoms. The van der Waals surface area contributed by atoms with Crippen LogP contribution >= 0.6 is 0 Å². The Morgan fingerprint density at radius 2 is 1.78 bits per heavy atom. The summed E-state index contributed by atoms with van der Waals surface area (Å²) in [6.07, 6.45) is 1.87. The Balaban J connectivity index is 1.33. The lowest BCUT2D eigenvalue weighted by molar-refractivity contribution is 0.102. The lowest BCUT2D eigenvalue weighted by Gasteiger charge is -2.22. The molecule has 7 heteroatoms. The van der Waals surface area contributed by atoms with Gasteiger partial charge < -0.3 is 25.5 Å². The summed E-state index contributed by atoms with van der Waals surface area (Å²) in [6.45, 7) is 2.07. The summed E-state index contributed by atoms with van der Waals surface area (Å²) in [5.74, 6) is -0.177. The van der Waals surface area contributed by atoms with E-state index in [0.717, 1.165) is 25.2 Å². The number of carbonyl (C=O) groups excluding carboxylic acids is 1. The van der Waals surface area contributed by atoms with Crippen LogP contribution in [-0.4, -0.2) is 54.1 Å². The molecule has 1 fully saturated rings. The highest BCUT2D eigenvalue weighted by atomic mass is 16.3. The molecule has 3 aromatic rings. The molecule has 166 valence electrons. The number of aliphatic hydroxyl groups is 1. The molecule has 1 aliphatic rings. The van der Waals surface area contributed by atoms with Gasteiger partial charge in [-0.25, -0.2) is 0 Å². The maximum absolute atomic E-state index is 12.6. The van der Waals surface area contributed by atoms with E-state index in [1.807, 2.05) is 18.2 Å². The molecule has 2 unspecified atom stereocenters. The van der Waals surface area contributed by atoms with Crippen molar-refractivity contribution in [3.8, 4) is 0 Å². The monoisotopic (exact) mass is 431 g/mol. The Kier molecular flexibility index (Phi) is 6.68. The Labute approximate surface area is 188 Å². The molecular weight excluding hydrogens is 402 g/mol. The third-order valence-corrected chi connectivity index (χ3v) is 5.80. The molecule has 7 nitrogen and oxygen atoms in total. The van der Waals surface area contributed by atoms with E-state index in [1.165, 1.54) is 5.69 Å². The fraction of sp³-hybridized carbons (Fsp3) is 0.280. The third-order valence-electron chi connectivity index (χ3n) is 5.80. The topological polar surface area (TPSA) is 80.7 Å². The second kappa shape index (κ2) is 9.80. The van der Waals surface area contributed by atoms with Crippen molar-refractivity contribution in [2.45, 2.75) is 18.7 Å². The van der Waals surface area contributed by atoms with Gasteiger partial charge in [-0.3, -0.25) is 9.78 Å². The SMILES string of the molecule is CN(C)C1CCN(c2ccc(NC(=O)c3ccc(NC(O)c4ccccn4)cc3)cc2)C1. The largest absolute Gasteiger partial charge is 0.370 e. The lowest BCUT2D eigenvalue weighted by Crippen LogP contribution is -2.31. The molecule has 1 aromatic heterocycles. The van der Waals surface area contributed by atoms with Gasteiger partial charge in [-0.15, -0.1) is 0 Å². The highest BCUT2D eigenvalue weighted by Crippen LogP contribution is 2.24. The van der Waals surface area contributed by atoms with E-state index in [-0.39, 0.29) is 5.91 Å². The van der Waals surface area contributed by atoms with Crippen LogP contribution in [-0.2, 0) is 0 Å². The van der Waals surface area contributed by atoms with Crippen molar-refractivity contribution in [1.82, 2.24) is 9.88 Å². The highest BCUT2D eigenvalue weighted by Gasteiger charge is 2.24. The number of pyridine rings is 1. The van der Waals surface area contributed by atoms with Crippen LogP contribution in [0.25, 0.3) is 0 Å². The molecule has 3 N–H and O–H groups in total. The summed E-state index contributed by atoms with van der Waals surface area (Å²) < 4.78 is 0. The number of aliphatic hydroxyl groups excluding tert-OH is 1. The Hall–Kier alpha value is -3.42. The number of hydrogen-bond donors (Lipinski definition) is 3. The van der Waals surface area contributed by atoms with Crippen LogP contribution in [0.3, 0.4) is 0 Å². The van der Waals surface area contributed by atoms with Crippen molar-refractivity contribution in [3.63, 3.8) is 0 Å². The molecule has 0 aliphatic carbocycles. The van der Waals surface area contributed by atoms with Gasteiger partial charge in [-0.2, -0.15) is 0 Å². The van der Waals surface area contributed by atoms with Crippen molar-refractivity contribution >= 4 is 23.0 Å². The van der Waals surface area contributed by atoms with E-state index in [9.17, 15) is 9.90 Å². The van der Waals surface area contributed by atoms with Crippen LogP contribution in [0.15, 0.2) is 72.9 Å². The maximum Gasteiger partial charge on any atom is 0.255 e. The van der Waals surface area contributed by atoms with E-state index >= 15 is 0 Å². The smallest absolute Gasteiger partial charge is 0.255 e. The van der Waals surface area contributed by atoms with Crippen molar-refractivity contribution in [1.29, 1.82) is 0 Å². The van der Waals surface area contributed by atoms with E-state index in [2.05, 4.69) is 51.6 Å². The number of hydrogen-bond acceptors (Lipinski definition) is 6. The van der Waals surface area contributed by atoms with Crippen molar-refractivity contribution in [2.75, 3.05) is 42.7 Å². The summed E-state index contributed by atoms with van der Waals surface area (Å²) in [4.78, 5) is 21.4. The number of nitrogens with one attached hydrogen (secondary N) is 2. The Morgan fingerprint density at radius 3 is 2.41 bits per heavy atom. The summed E-state index contributed by atoms with van der Waals surface area (Å²) >= 11 is 0. The van der Waals surface area contributed by atoms with E-state index in [1.54, 1.807) is 42.6 Å². The predicted octanol–water partition coefficient (Wildman–Crippen LogP) is 3.58. The van der Waals surface area contributed by atoms with Crippen molar-refractivity contribution in [2.24, 2.45) is 0 Å². The first-order chi connectivity index (χ1) is 15.5. The molecule has 1 aliphatic heterocycles. The molecule has 2 heterocycles. The highest BCUT2D eigenvalue weighted by molar-refractivity contribution is 6.04. The number of benzene rings is 2. The number of anilines is 3. The minimum atomic E-state index is -0.919. The minimum absolute atomic E-state index is 0.177. The zero-order valence-electron chi connectivity index (χ0n) is 18.4. The molecule has 2 atom stereocenters. The lowest BCUT2D eigenvalue weighted by atomic mass is 10.1. The van der Waals surface area contributed by atoms with Gasteiger partial charge in [0.25, 0.3) is 5.91 Å². The van der Waals surface area contributed by atoms with Gasteiger partial charge in [-0.1, -0.05) is 6.07 Å². The Morgan fingerprint density at radius 1 is 1.06 bits per heavy atom. The first-order valence-corrected chi connectivity index (χ1v) is 10.8. The summed E-state index contributed by atoms with van der Waals surface area (Å²) in [6, 6.07) is 20.9. The zero-order chi connectivity index (χ0) is 22.5. The average Bonchev–Trinajstić information content (AvgIpc) is 3.31. The number of likely N-dealkylation sites (N-methyl/N-ethyl adjacent to an activating group) is 1. The quantitative estimate of drug-likeness (QED) is 0.496. The zero-order valence-corrected chi connectivity index (χ0v) is 18.4. The molecule has 0 saturated carbocycles. The van der Waals surface area contributed by atoms with Crippen molar-refractivity contribution < 1.29 is 9.90 Å². The molecule has 0 radical (unpaired) electrons. The van der Waals surface area contributed by atoms with Gasteiger partial charge in [0.1, 0.15) is 0 Å². The Bertz CT molecular complexity index is 1020. The second-order valence-electron chi connectivity index (χ2n) is 8.23. The molecule has 4 rings (SSSR count). The van der Waals surface area contributed by atoms with Crippen LogP contribution in [0.2, 0.25) is 0 Å². The first kappa shape index (κ1) is 21.8. The molecular formula is C25H29N5O2. The fourth-order valence-corrected chi connectivity index (χ4v) is 3.84. The van der Waals surface area contributed by atoms with Crippen molar-refractivity contribution in [3.05, 3.63) is 84.2 Å². The number of amides is 1. The van der Waals surface area contributed by atoms with Gasteiger partial charge >= 0.3 is 0 Å². The number of aromatic nitrogens is 1. The third kappa shape index (κ3) is 5.25. The minimum Gasteiger partial charge on any atom is -0.370 e. The normalized spacial score (nSPS) is 16.8. The number of nitrogens with zero attached hydrogens (tertiary/aromatic N) is 3. The molecule has 1 saturated heterocycles. The predicted molar refractivity (Wildman–Crippen MR) is 128 cm³/mol. The van der Waals surface area contributed by atoms with Crippen LogP contribution in [0.1, 0.15) is 28.7 Å². The molecule has 0 spiro atoms. The number of carbonyl (C=O) groups is 1. The van der Waals surface area contributed by atoms with Gasteiger partial charge in [0.15, 0.2) is 6.23 Å². The van der Waals surface area contributed by atoms with Crippen LogP contribution < -0.4 is 15.5 Å². The van der Waals surface area contributed by atoms with Gasteiger partial charge in [-0.05, 0) is 81.2 Å². The fourth-order valence-electron chi connectivity index (χ4n) is 3.84. The van der Waals surface area contributed by atoms with Gasteiger partial charge in [0, 0.05) is 48.0 Å². The average molecular weight is 432 g/mol. The second-order valence-corrected chi connectivity index (χ2v) is 8.23. The molecule has 2 aromatic carbocycles. The summed E-state index contributed by atoms with van der Waals surface area (Å²) in [5, 5.41) is 16.1. The summed E-state index contributed by atoms with van der Waals surface area (Å²) in [7, 11) is 4.25. The molecule has 32 heavy (non-hydrogen) atoms. The summed E-state index contributed by atoms with van der Waals surface area (Å²) in [5.41, 5.74) is 3.71.